The zero-order valence-electron chi connectivity index (χ0n) is 10.1. The van der Waals surface area contributed by atoms with E-state index in [9.17, 15) is 4.79 Å². The molecule has 2 rings (SSSR count). The fraction of sp³-hybridized carbons (Fsp3) is 0.462. The van der Waals surface area contributed by atoms with Crippen molar-refractivity contribution >= 4 is 17.7 Å². The van der Waals surface area contributed by atoms with Crippen LogP contribution in [0.1, 0.15) is 24.4 Å². The molecule has 1 saturated heterocycles. The number of benzene rings is 1. The summed E-state index contributed by atoms with van der Waals surface area (Å²) in [7, 11) is 0. The van der Waals surface area contributed by atoms with Gasteiger partial charge in [0.25, 0.3) is 0 Å². The average molecular weight is 250 g/mol. The molecule has 1 atom stereocenters. The third-order valence-electron chi connectivity index (χ3n) is 3.25. The smallest absolute Gasteiger partial charge is 0.236 e. The summed E-state index contributed by atoms with van der Waals surface area (Å²) in [6, 6.07) is 8.54. The van der Waals surface area contributed by atoms with Crippen LogP contribution in [-0.4, -0.2) is 30.2 Å². The Balaban J connectivity index is 2.29. The van der Waals surface area contributed by atoms with Crippen molar-refractivity contribution in [2.45, 2.75) is 23.8 Å². The van der Waals surface area contributed by atoms with E-state index in [0.717, 1.165) is 19.4 Å². The van der Waals surface area contributed by atoms with Crippen LogP contribution in [-0.2, 0) is 4.79 Å². The summed E-state index contributed by atoms with van der Waals surface area (Å²) in [4.78, 5) is 15.0. The Kier molecular flexibility index (Phi) is 4.07. The van der Waals surface area contributed by atoms with Gasteiger partial charge in [0.15, 0.2) is 0 Å². The number of hydrogen-bond acceptors (Lipinski definition) is 3. The van der Waals surface area contributed by atoms with E-state index in [2.05, 4.69) is 18.4 Å². The normalized spacial score (nSPS) is 19.6. The molecular formula is C13H18N2OS. The highest BCUT2D eigenvalue weighted by molar-refractivity contribution is 7.98. The monoisotopic (exact) mass is 250 g/mol. The van der Waals surface area contributed by atoms with Crippen molar-refractivity contribution in [2.24, 2.45) is 5.73 Å². The summed E-state index contributed by atoms with van der Waals surface area (Å²) < 4.78 is 0. The third kappa shape index (κ3) is 2.48. The Morgan fingerprint density at radius 1 is 1.53 bits per heavy atom. The molecule has 17 heavy (non-hydrogen) atoms. The largest absolute Gasteiger partial charge is 0.335 e. The van der Waals surface area contributed by atoms with Crippen LogP contribution < -0.4 is 5.73 Å². The summed E-state index contributed by atoms with van der Waals surface area (Å²) in [5.41, 5.74) is 6.73. The van der Waals surface area contributed by atoms with E-state index in [1.165, 1.54) is 10.5 Å². The molecule has 0 bridgehead atoms. The SMILES string of the molecule is CSc1ccccc1C1CCCN1C(=O)CN. The molecule has 0 radical (unpaired) electrons. The fourth-order valence-corrected chi connectivity index (χ4v) is 3.10. The van der Waals surface area contributed by atoms with Crippen molar-refractivity contribution < 1.29 is 4.79 Å². The highest BCUT2D eigenvalue weighted by Gasteiger charge is 2.30. The first-order chi connectivity index (χ1) is 8.27. The molecule has 1 unspecified atom stereocenters. The van der Waals surface area contributed by atoms with Crippen LogP contribution in [0.25, 0.3) is 0 Å². The number of hydrogen-bond donors (Lipinski definition) is 1. The predicted octanol–water partition coefficient (Wildman–Crippen LogP) is 2.03. The molecule has 2 N–H and O–H groups in total. The van der Waals surface area contributed by atoms with Gasteiger partial charge in [-0.15, -0.1) is 11.8 Å². The zero-order valence-corrected chi connectivity index (χ0v) is 10.9. The lowest BCUT2D eigenvalue weighted by atomic mass is 10.0. The van der Waals surface area contributed by atoms with Crippen molar-refractivity contribution in [3.63, 3.8) is 0 Å². The first-order valence-corrected chi connectivity index (χ1v) is 7.13. The number of amides is 1. The minimum Gasteiger partial charge on any atom is -0.335 e. The summed E-state index contributed by atoms with van der Waals surface area (Å²) >= 11 is 1.73. The van der Waals surface area contributed by atoms with Crippen molar-refractivity contribution in [2.75, 3.05) is 19.3 Å². The molecule has 1 aliphatic rings. The van der Waals surface area contributed by atoms with Gasteiger partial charge in [-0.3, -0.25) is 4.79 Å². The van der Waals surface area contributed by atoms with Gasteiger partial charge in [0, 0.05) is 11.4 Å². The van der Waals surface area contributed by atoms with Crippen LogP contribution in [0.2, 0.25) is 0 Å². The van der Waals surface area contributed by atoms with E-state index < -0.39 is 0 Å². The molecule has 0 spiro atoms. The van der Waals surface area contributed by atoms with Gasteiger partial charge in [-0.2, -0.15) is 0 Å². The molecule has 0 aromatic heterocycles. The van der Waals surface area contributed by atoms with E-state index >= 15 is 0 Å². The van der Waals surface area contributed by atoms with Gasteiger partial charge in [-0.05, 0) is 30.7 Å². The number of nitrogens with two attached hydrogens (primary N) is 1. The van der Waals surface area contributed by atoms with Gasteiger partial charge >= 0.3 is 0 Å². The molecule has 0 aliphatic carbocycles. The second kappa shape index (κ2) is 5.56. The Morgan fingerprint density at radius 2 is 2.29 bits per heavy atom. The lowest BCUT2D eigenvalue weighted by molar-refractivity contribution is -0.130. The molecule has 4 heteroatoms. The highest BCUT2D eigenvalue weighted by atomic mass is 32.2. The fourth-order valence-electron chi connectivity index (χ4n) is 2.45. The first-order valence-electron chi connectivity index (χ1n) is 5.90. The van der Waals surface area contributed by atoms with E-state index in [-0.39, 0.29) is 18.5 Å². The van der Waals surface area contributed by atoms with E-state index in [0.29, 0.717) is 0 Å². The van der Waals surface area contributed by atoms with Crippen LogP contribution >= 0.6 is 11.8 Å². The standard InChI is InChI=1S/C13H18N2OS/c1-17-12-7-3-2-5-10(12)11-6-4-8-15(11)13(16)9-14/h2-3,5,7,11H,4,6,8-9,14H2,1H3. The maximum absolute atomic E-state index is 11.8. The van der Waals surface area contributed by atoms with Gasteiger partial charge in [0.2, 0.25) is 5.91 Å². The predicted molar refractivity (Wildman–Crippen MR) is 71.0 cm³/mol. The average Bonchev–Trinajstić information content (AvgIpc) is 2.86. The summed E-state index contributed by atoms with van der Waals surface area (Å²) in [5, 5.41) is 0. The molecule has 1 heterocycles. The minimum absolute atomic E-state index is 0.0587. The second-order valence-corrected chi connectivity index (χ2v) is 5.04. The Morgan fingerprint density at radius 3 is 3.00 bits per heavy atom. The molecule has 3 nitrogen and oxygen atoms in total. The zero-order chi connectivity index (χ0) is 12.3. The highest BCUT2D eigenvalue weighted by Crippen LogP contribution is 2.36. The number of rotatable bonds is 3. The van der Waals surface area contributed by atoms with Crippen LogP contribution in [0, 0.1) is 0 Å². The number of nitrogens with zero attached hydrogens (tertiary/aromatic N) is 1. The summed E-state index contributed by atoms with van der Waals surface area (Å²) in [6.07, 6.45) is 4.19. The van der Waals surface area contributed by atoms with Crippen molar-refractivity contribution in [1.82, 2.24) is 4.90 Å². The van der Waals surface area contributed by atoms with Gasteiger partial charge in [-0.25, -0.2) is 0 Å². The van der Waals surface area contributed by atoms with E-state index in [1.54, 1.807) is 11.8 Å². The van der Waals surface area contributed by atoms with Crippen LogP contribution in [0.3, 0.4) is 0 Å². The lowest BCUT2D eigenvalue weighted by Crippen LogP contribution is -2.35. The lowest BCUT2D eigenvalue weighted by Gasteiger charge is -2.26. The topological polar surface area (TPSA) is 46.3 Å². The van der Waals surface area contributed by atoms with Crippen LogP contribution in [0.4, 0.5) is 0 Å². The van der Waals surface area contributed by atoms with E-state index in [1.807, 2.05) is 17.0 Å². The Labute approximate surface area is 106 Å². The molecule has 1 amide bonds. The molecule has 1 aromatic rings. The molecule has 0 saturated carbocycles. The summed E-state index contributed by atoms with van der Waals surface area (Å²) in [5.74, 6) is 0.0587. The molecular weight excluding hydrogens is 232 g/mol. The van der Waals surface area contributed by atoms with Crippen LogP contribution in [0.5, 0.6) is 0 Å². The minimum atomic E-state index is 0.0587. The molecule has 1 aromatic carbocycles. The molecule has 1 aliphatic heterocycles. The first kappa shape index (κ1) is 12.5. The number of carbonyl (C=O) groups is 1. The van der Waals surface area contributed by atoms with Crippen molar-refractivity contribution in [1.29, 1.82) is 0 Å². The number of carbonyl (C=O) groups excluding carboxylic acids is 1. The maximum Gasteiger partial charge on any atom is 0.236 e. The van der Waals surface area contributed by atoms with Gasteiger partial charge in [0.1, 0.15) is 0 Å². The Bertz CT molecular complexity index is 408. The maximum atomic E-state index is 11.8. The van der Waals surface area contributed by atoms with E-state index in [4.69, 9.17) is 5.73 Å². The second-order valence-electron chi connectivity index (χ2n) is 4.19. The molecule has 92 valence electrons. The number of thioether (sulfide) groups is 1. The quantitative estimate of drug-likeness (QED) is 0.835. The van der Waals surface area contributed by atoms with Crippen molar-refractivity contribution in [3.05, 3.63) is 29.8 Å². The third-order valence-corrected chi connectivity index (χ3v) is 4.06. The van der Waals surface area contributed by atoms with Gasteiger partial charge in [0.05, 0.1) is 12.6 Å². The van der Waals surface area contributed by atoms with Crippen LogP contribution in [0.15, 0.2) is 29.2 Å². The number of likely N-dealkylation sites (tertiary alicyclic amines) is 1. The van der Waals surface area contributed by atoms with Gasteiger partial charge < -0.3 is 10.6 Å². The van der Waals surface area contributed by atoms with Gasteiger partial charge in [-0.1, -0.05) is 18.2 Å². The Hall–Kier alpha value is -1.00. The summed E-state index contributed by atoms with van der Waals surface area (Å²) in [6.45, 7) is 0.946. The van der Waals surface area contributed by atoms with Crippen molar-refractivity contribution in [3.8, 4) is 0 Å². The molecule has 1 fully saturated rings.